The second-order valence-electron chi connectivity index (χ2n) is 6.93. The van der Waals surface area contributed by atoms with Crippen LogP contribution in [0.15, 0.2) is 30.5 Å². The smallest absolute Gasteiger partial charge is 0.260 e. The number of likely N-dealkylation sites (tertiary alicyclic amines) is 1. The molecule has 0 radical (unpaired) electrons. The first-order chi connectivity index (χ1) is 11.4. The van der Waals surface area contributed by atoms with Crippen LogP contribution < -0.4 is 10.5 Å². The number of fused-ring (bicyclic) bond motifs is 1. The van der Waals surface area contributed by atoms with Crippen LogP contribution in [0.3, 0.4) is 0 Å². The third-order valence-electron chi connectivity index (χ3n) is 4.70. The molecule has 144 valence electrons. The maximum absolute atomic E-state index is 12.5. The van der Waals surface area contributed by atoms with E-state index in [1.54, 1.807) is 18.3 Å². The SMILES string of the molecule is CC1(C)CN(C(=O)COc2ccc(Cl)c3cccnc23)CCC1N.Cl.Cl. The molecule has 1 amide bonds. The minimum Gasteiger partial charge on any atom is -0.481 e. The lowest BCUT2D eigenvalue weighted by atomic mass is 9.80. The molecule has 1 atom stereocenters. The molecule has 3 rings (SSSR count). The van der Waals surface area contributed by atoms with Crippen molar-refractivity contribution in [2.45, 2.75) is 26.3 Å². The molecule has 1 aromatic carbocycles. The molecule has 0 aliphatic carbocycles. The third kappa shape index (κ3) is 4.71. The Hall–Kier alpha value is -1.27. The first kappa shape index (κ1) is 22.8. The number of hydrogen-bond acceptors (Lipinski definition) is 4. The molecule has 1 aliphatic heterocycles. The Morgan fingerprint density at radius 2 is 2.12 bits per heavy atom. The van der Waals surface area contributed by atoms with E-state index in [2.05, 4.69) is 18.8 Å². The van der Waals surface area contributed by atoms with E-state index in [0.29, 0.717) is 29.4 Å². The Labute approximate surface area is 171 Å². The number of carbonyl (C=O) groups is 1. The van der Waals surface area contributed by atoms with Crippen LogP contribution in [0.25, 0.3) is 10.9 Å². The van der Waals surface area contributed by atoms with Crippen LogP contribution in [-0.4, -0.2) is 41.5 Å². The molecule has 1 unspecified atom stereocenters. The first-order valence-corrected chi connectivity index (χ1v) is 8.46. The average Bonchev–Trinajstić information content (AvgIpc) is 2.56. The zero-order chi connectivity index (χ0) is 17.3. The van der Waals surface area contributed by atoms with E-state index >= 15 is 0 Å². The van der Waals surface area contributed by atoms with E-state index in [1.807, 2.05) is 17.0 Å². The normalized spacial score (nSPS) is 18.6. The van der Waals surface area contributed by atoms with Crippen LogP contribution in [-0.2, 0) is 4.79 Å². The fraction of sp³-hybridized carbons (Fsp3) is 0.444. The van der Waals surface area contributed by atoms with Crippen LogP contribution in [0.4, 0.5) is 0 Å². The number of piperidine rings is 1. The van der Waals surface area contributed by atoms with Gasteiger partial charge in [-0.15, -0.1) is 24.8 Å². The lowest BCUT2D eigenvalue weighted by molar-refractivity contribution is -0.136. The molecule has 0 spiro atoms. The zero-order valence-corrected chi connectivity index (χ0v) is 17.2. The molecule has 8 heteroatoms. The van der Waals surface area contributed by atoms with Crippen molar-refractivity contribution in [1.29, 1.82) is 0 Å². The Bertz CT molecular complexity index is 770. The van der Waals surface area contributed by atoms with Crippen molar-refractivity contribution in [2.24, 2.45) is 11.1 Å². The number of hydrogen-bond donors (Lipinski definition) is 1. The largest absolute Gasteiger partial charge is 0.481 e. The topological polar surface area (TPSA) is 68.5 Å². The zero-order valence-electron chi connectivity index (χ0n) is 14.8. The van der Waals surface area contributed by atoms with Crippen LogP contribution >= 0.6 is 36.4 Å². The van der Waals surface area contributed by atoms with Crippen molar-refractivity contribution in [3.8, 4) is 5.75 Å². The van der Waals surface area contributed by atoms with Gasteiger partial charge in [-0.25, -0.2) is 0 Å². The van der Waals surface area contributed by atoms with Gasteiger partial charge in [-0.2, -0.15) is 0 Å². The summed E-state index contributed by atoms with van der Waals surface area (Å²) in [5.41, 5.74) is 6.71. The lowest BCUT2D eigenvalue weighted by Gasteiger charge is -2.42. The number of benzene rings is 1. The minimum atomic E-state index is -0.0809. The maximum atomic E-state index is 12.5. The highest BCUT2D eigenvalue weighted by molar-refractivity contribution is 6.35. The van der Waals surface area contributed by atoms with Gasteiger partial charge in [0.05, 0.1) is 5.02 Å². The van der Waals surface area contributed by atoms with E-state index in [4.69, 9.17) is 22.1 Å². The van der Waals surface area contributed by atoms with E-state index in [9.17, 15) is 4.79 Å². The summed E-state index contributed by atoms with van der Waals surface area (Å²) in [6.45, 7) is 5.49. The Kier molecular flexibility index (Phi) is 7.96. The summed E-state index contributed by atoms with van der Waals surface area (Å²) in [4.78, 5) is 18.6. The van der Waals surface area contributed by atoms with Gasteiger partial charge < -0.3 is 15.4 Å². The molecule has 26 heavy (non-hydrogen) atoms. The van der Waals surface area contributed by atoms with Crippen molar-refractivity contribution >= 4 is 53.2 Å². The summed E-state index contributed by atoms with van der Waals surface area (Å²) < 4.78 is 5.74. The second kappa shape index (κ2) is 9.09. The molecule has 2 aromatic rings. The molecule has 0 saturated carbocycles. The summed E-state index contributed by atoms with van der Waals surface area (Å²) in [6, 6.07) is 7.33. The fourth-order valence-electron chi connectivity index (χ4n) is 3.05. The van der Waals surface area contributed by atoms with Crippen LogP contribution in [0.5, 0.6) is 5.75 Å². The average molecular weight is 421 g/mol. The first-order valence-electron chi connectivity index (χ1n) is 8.08. The van der Waals surface area contributed by atoms with Crippen LogP contribution in [0.2, 0.25) is 5.02 Å². The summed E-state index contributed by atoms with van der Waals surface area (Å²) in [7, 11) is 0. The van der Waals surface area contributed by atoms with E-state index in [0.717, 1.165) is 11.8 Å². The van der Waals surface area contributed by atoms with Gasteiger partial charge in [0.25, 0.3) is 5.91 Å². The van der Waals surface area contributed by atoms with Crippen molar-refractivity contribution in [3.63, 3.8) is 0 Å². The maximum Gasteiger partial charge on any atom is 0.260 e. The van der Waals surface area contributed by atoms with Crippen LogP contribution in [0.1, 0.15) is 20.3 Å². The van der Waals surface area contributed by atoms with Gasteiger partial charge >= 0.3 is 0 Å². The number of ether oxygens (including phenoxy) is 1. The minimum absolute atomic E-state index is 0. The lowest BCUT2D eigenvalue weighted by Crippen LogP contribution is -2.54. The summed E-state index contributed by atoms with van der Waals surface area (Å²) in [5, 5.41) is 1.43. The van der Waals surface area contributed by atoms with Gasteiger partial charge in [0, 0.05) is 30.7 Å². The van der Waals surface area contributed by atoms with Crippen molar-refractivity contribution < 1.29 is 9.53 Å². The molecule has 2 heterocycles. The number of carbonyl (C=O) groups excluding carboxylic acids is 1. The highest BCUT2D eigenvalue weighted by atomic mass is 35.5. The number of rotatable bonds is 3. The number of aromatic nitrogens is 1. The van der Waals surface area contributed by atoms with Gasteiger partial charge in [-0.1, -0.05) is 25.4 Å². The molecule has 5 nitrogen and oxygen atoms in total. The summed E-state index contributed by atoms with van der Waals surface area (Å²) in [5.74, 6) is 0.533. The van der Waals surface area contributed by atoms with Gasteiger partial charge in [0.15, 0.2) is 6.61 Å². The number of halogens is 3. The molecule has 1 aliphatic rings. The standard InChI is InChI=1S/C18H22ClN3O2.2ClH/c1-18(2)11-22(9-7-15(18)20)16(23)10-24-14-6-5-13(19)12-4-3-8-21-17(12)14;;/h3-6,8,15H,7,9-11,20H2,1-2H3;2*1H. The highest BCUT2D eigenvalue weighted by Crippen LogP contribution is 2.30. The predicted octanol–water partition coefficient (Wildman–Crippen LogP) is 3.70. The Morgan fingerprint density at radius 3 is 2.81 bits per heavy atom. The van der Waals surface area contributed by atoms with Gasteiger partial charge in [-0.3, -0.25) is 9.78 Å². The Balaban J connectivity index is 0.00000169. The van der Waals surface area contributed by atoms with Crippen molar-refractivity contribution in [2.75, 3.05) is 19.7 Å². The molecule has 1 saturated heterocycles. The number of pyridine rings is 1. The number of nitrogens with zero attached hydrogens (tertiary/aromatic N) is 2. The summed E-state index contributed by atoms with van der Waals surface area (Å²) in [6.07, 6.45) is 2.49. The fourth-order valence-corrected chi connectivity index (χ4v) is 3.26. The molecule has 2 N–H and O–H groups in total. The molecular weight excluding hydrogens is 397 g/mol. The summed E-state index contributed by atoms with van der Waals surface area (Å²) >= 11 is 6.18. The van der Waals surface area contributed by atoms with Gasteiger partial charge in [0.2, 0.25) is 0 Å². The van der Waals surface area contributed by atoms with Gasteiger partial charge in [-0.05, 0) is 36.1 Å². The van der Waals surface area contributed by atoms with Gasteiger partial charge in [0.1, 0.15) is 11.3 Å². The quantitative estimate of drug-likeness (QED) is 0.822. The number of nitrogens with two attached hydrogens (primary N) is 1. The van der Waals surface area contributed by atoms with E-state index < -0.39 is 0 Å². The van der Waals surface area contributed by atoms with Crippen molar-refractivity contribution in [1.82, 2.24) is 9.88 Å². The Morgan fingerprint density at radius 1 is 1.38 bits per heavy atom. The second-order valence-corrected chi connectivity index (χ2v) is 7.34. The van der Waals surface area contributed by atoms with Crippen LogP contribution in [0, 0.1) is 5.41 Å². The van der Waals surface area contributed by atoms with E-state index in [-0.39, 0.29) is 48.8 Å². The van der Waals surface area contributed by atoms with Crippen molar-refractivity contribution in [3.05, 3.63) is 35.5 Å². The molecule has 1 aromatic heterocycles. The monoisotopic (exact) mass is 419 g/mol. The third-order valence-corrected chi connectivity index (χ3v) is 5.03. The number of amides is 1. The molecule has 0 bridgehead atoms. The highest BCUT2D eigenvalue weighted by Gasteiger charge is 2.35. The predicted molar refractivity (Wildman–Crippen MR) is 110 cm³/mol. The van der Waals surface area contributed by atoms with E-state index in [1.165, 1.54) is 0 Å². The molecule has 1 fully saturated rings. The molecular formula is C18H24Cl3N3O2.